The fraction of sp³-hybridized carbons (Fsp3) is 0.273. The van der Waals surface area contributed by atoms with Crippen molar-refractivity contribution >= 4 is 23.1 Å². The van der Waals surface area contributed by atoms with E-state index in [-0.39, 0.29) is 0 Å². The number of hydrogen-bond acceptors (Lipinski definition) is 4. The molecule has 0 spiro atoms. The van der Waals surface area contributed by atoms with Crippen molar-refractivity contribution in [2.45, 2.75) is 13.5 Å². The van der Waals surface area contributed by atoms with E-state index in [9.17, 15) is 0 Å². The maximum atomic E-state index is 5.85. The Bertz CT molecular complexity index is 453. The Hall–Kier alpha value is -0.970. The summed E-state index contributed by atoms with van der Waals surface area (Å²) in [5.74, 6) is 0. The maximum Gasteiger partial charge on any atom is 0.110 e. The third kappa shape index (κ3) is 2.58. The summed E-state index contributed by atoms with van der Waals surface area (Å²) in [6, 6.07) is 7.67. The molecule has 0 aliphatic rings. The number of aromatic nitrogens is 2. The molecule has 1 heterocycles. The van der Waals surface area contributed by atoms with Gasteiger partial charge in [-0.25, -0.2) is 0 Å². The molecule has 2 aromatic rings. The molecule has 0 unspecified atom stereocenters. The van der Waals surface area contributed by atoms with Crippen molar-refractivity contribution in [3.8, 4) is 11.3 Å². The Morgan fingerprint density at radius 3 is 2.75 bits per heavy atom. The molecule has 0 aliphatic carbocycles. The van der Waals surface area contributed by atoms with Crippen LogP contribution in [0.2, 0.25) is 5.02 Å². The first-order chi connectivity index (χ1) is 7.81. The Kier molecular flexibility index (Phi) is 3.88. The zero-order valence-corrected chi connectivity index (χ0v) is 10.5. The monoisotopic (exact) mass is 253 g/mol. The average Bonchev–Trinajstić information content (AvgIpc) is 2.75. The molecule has 0 saturated carbocycles. The van der Waals surface area contributed by atoms with E-state index < -0.39 is 0 Å². The van der Waals surface area contributed by atoms with Crippen LogP contribution < -0.4 is 5.32 Å². The third-order valence-corrected chi connectivity index (χ3v) is 3.18. The molecule has 1 aromatic heterocycles. The van der Waals surface area contributed by atoms with Crippen LogP contribution in [0.3, 0.4) is 0 Å². The first-order valence-electron chi connectivity index (χ1n) is 5.09. The summed E-state index contributed by atoms with van der Waals surface area (Å²) in [6.07, 6.45) is 0. The molecule has 0 saturated heterocycles. The summed E-state index contributed by atoms with van der Waals surface area (Å²) in [6.45, 7) is 3.83. The molecule has 0 radical (unpaired) electrons. The second kappa shape index (κ2) is 5.39. The molecular formula is C11H12ClN3S. The lowest BCUT2D eigenvalue weighted by molar-refractivity contribution is 0.735. The average molecular weight is 254 g/mol. The van der Waals surface area contributed by atoms with Gasteiger partial charge in [-0.15, -0.1) is 5.10 Å². The summed E-state index contributed by atoms with van der Waals surface area (Å²) in [5.41, 5.74) is 2.01. The molecular weight excluding hydrogens is 242 g/mol. The molecule has 3 nitrogen and oxygen atoms in total. The molecule has 0 fully saturated rings. The van der Waals surface area contributed by atoms with E-state index in [0.29, 0.717) is 0 Å². The molecule has 0 amide bonds. The van der Waals surface area contributed by atoms with Gasteiger partial charge in [0, 0.05) is 17.1 Å². The van der Waals surface area contributed by atoms with Crippen molar-refractivity contribution in [1.82, 2.24) is 14.9 Å². The first-order valence-corrected chi connectivity index (χ1v) is 6.24. The molecule has 0 bridgehead atoms. The largest absolute Gasteiger partial charge is 0.312 e. The van der Waals surface area contributed by atoms with E-state index in [4.69, 9.17) is 11.6 Å². The van der Waals surface area contributed by atoms with Crippen LogP contribution in [0.4, 0.5) is 0 Å². The summed E-state index contributed by atoms with van der Waals surface area (Å²) >= 11 is 7.28. The second-order valence-electron chi connectivity index (χ2n) is 3.33. The van der Waals surface area contributed by atoms with Gasteiger partial charge in [-0.3, -0.25) is 0 Å². The Morgan fingerprint density at radius 1 is 1.31 bits per heavy atom. The number of halogens is 1. The minimum atomic E-state index is 0.736. The summed E-state index contributed by atoms with van der Waals surface area (Å²) in [4.78, 5) is 1.16. The Labute approximate surface area is 104 Å². The number of rotatable bonds is 4. The number of hydrogen-bond donors (Lipinski definition) is 1. The quantitative estimate of drug-likeness (QED) is 0.910. The van der Waals surface area contributed by atoms with Crippen molar-refractivity contribution < 1.29 is 0 Å². The van der Waals surface area contributed by atoms with Gasteiger partial charge in [0.15, 0.2) is 0 Å². The molecule has 16 heavy (non-hydrogen) atoms. The fourth-order valence-corrected chi connectivity index (χ4v) is 2.15. The van der Waals surface area contributed by atoms with Crippen LogP contribution in [0.25, 0.3) is 11.3 Å². The molecule has 0 atom stereocenters. The molecule has 2 rings (SSSR count). The van der Waals surface area contributed by atoms with Crippen LogP contribution in [0.5, 0.6) is 0 Å². The zero-order valence-electron chi connectivity index (χ0n) is 8.90. The molecule has 1 N–H and O–H groups in total. The minimum absolute atomic E-state index is 0.736. The molecule has 1 aromatic carbocycles. The summed E-state index contributed by atoms with van der Waals surface area (Å²) in [5, 5.41) is 8.17. The van der Waals surface area contributed by atoms with E-state index in [1.54, 1.807) is 0 Å². The van der Waals surface area contributed by atoms with Crippen LogP contribution >= 0.6 is 23.1 Å². The van der Waals surface area contributed by atoms with E-state index in [1.807, 2.05) is 24.3 Å². The second-order valence-corrected chi connectivity index (χ2v) is 4.61. The van der Waals surface area contributed by atoms with Gasteiger partial charge in [0.1, 0.15) is 5.69 Å². The number of nitrogens with one attached hydrogen (secondary N) is 1. The number of nitrogens with zero attached hydrogens (tertiary/aromatic N) is 2. The zero-order chi connectivity index (χ0) is 11.4. The van der Waals surface area contributed by atoms with Crippen LogP contribution in [-0.2, 0) is 6.54 Å². The Morgan fingerprint density at radius 2 is 2.06 bits per heavy atom. The van der Waals surface area contributed by atoms with Crippen molar-refractivity contribution in [3.05, 3.63) is 34.2 Å². The lowest BCUT2D eigenvalue weighted by Crippen LogP contribution is -2.11. The first kappa shape index (κ1) is 11.5. The van der Waals surface area contributed by atoms with Crippen molar-refractivity contribution in [1.29, 1.82) is 0 Å². The molecule has 0 aliphatic heterocycles. The van der Waals surface area contributed by atoms with E-state index in [2.05, 4.69) is 21.8 Å². The van der Waals surface area contributed by atoms with Crippen LogP contribution in [-0.4, -0.2) is 16.1 Å². The van der Waals surface area contributed by atoms with E-state index in [0.717, 1.165) is 34.2 Å². The number of benzene rings is 1. The van der Waals surface area contributed by atoms with Gasteiger partial charge in [0.2, 0.25) is 0 Å². The van der Waals surface area contributed by atoms with Gasteiger partial charge in [0.25, 0.3) is 0 Å². The van der Waals surface area contributed by atoms with Crippen LogP contribution in [0, 0.1) is 0 Å². The third-order valence-electron chi connectivity index (χ3n) is 2.21. The fourth-order valence-electron chi connectivity index (χ4n) is 1.39. The van der Waals surface area contributed by atoms with E-state index in [1.165, 1.54) is 11.5 Å². The maximum absolute atomic E-state index is 5.85. The van der Waals surface area contributed by atoms with Gasteiger partial charge < -0.3 is 5.32 Å². The van der Waals surface area contributed by atoms with Crippen LogP contribution in [0.1, 0.15) is 11.8 Å². The van der Waals surface area contributed by atoms with Crippen molar-refractivity contribution in [2.75, 3.05) is 6.54 Å². The Balaban J connectivity index is 2.26. The van der Waals surface area contributed by atoms with Gasteiger partial charge >= 0.3 is 0 Å². The van der Waals surface area contributed by atoms with Crippen molar-refractivity contribution in [2.24, 2.45) is 0 Å². The lowest BCUT2D eigenvalue weighted by atomic mass is 10.1. The van der Waals surface area contributed by atoms with Crippen molar-refractivity contribution in [3.63, 3.8) is 0 Å². The SMILES string of the molecule is CCNCc1snnc1-c1ccc(Cl)cc1. The van der Waals surface area contributed by atoms with E-state index >= 15 is 0 Å². The molecule has 84 valence electrons. The topological polar surface area (TPSA) is 37.8 Å². The van der Waals surface area contributed by atoms with Gasteiger partial charge in [-0.05, 0) is 30.2 Å². The lowest BCUT2D eigenvalue weighted by Gasteiger charge is -2.01. The van der Waals surface area contributed by atoms with Gasteiger partial charge in [0.05, 0.1) is 4.88 Å². The minimum Gasteiger partial charge on any atom is -0.312 e. The predicted molar refractivity (Wildman–Crippen MR) is 67.7 cm³/mol. The normalized spacial score (nSPS) is 10.6. The van der Waals surface area contributed by atoms with Gasteiger partial charge in [-0.2, -0.15) is 0 Å². The van der Waals surface area contributed by atoms with Gasteiger partial charge in [-0.1, -0.05) is 35.1 Å². The summed E-state index contributed by atoms with van der Waals surface area (Å²) < 4.78 is 3.99. The highest BCUT2D eigenvalue weighted by Crippen LogP contribution is 2.24. The predicted octanol–water partition coefficient (Wildman–Crippen LogP) is 2.97. The highest BCUT2D eigenvalue weighted by Gasteiger charge is 2.09. The highest BCUT2D eigenvalue weighted by molar-refractivity contribution is 7.05. The highest BCUT2D eigenvalue weighted by atomic mass is 35.5. The van der Waals surface area contributed by atoms with Crippen LogP contribution in [0.15, 0.2) is 24.3 Å². The molecule has 5 heteroatoms. The standard InChI is InChI=1S/C11H12ClN3S/c1-2-13-7-10-11(14-15-16-10)8-3-5-9(12)6-4-8/h3-6,13H,2,7H2,1H3. The summed E-state index contributed by atoms with van der Waals surface area (Å²) in [7, 11) is 0. The smallest absolute Gasteiger partial charge is 0.110 e.